The first kappa shape index (κ1) is 16.0. The lowest BCUT2D eigenvalue weighted by Gasteiger charge is -2.13. The largest absolute Gasteiger partial charge is 0.508 e. The van der Waals surface area contributed by atoms with Gasteiger partial charge < -0.3 is 10.4 Å². The Morgan fingerprint density at radius 1 is 1.37 bits per heavy atom. The van der Waals surface area contributed by atoms with Gasteiger partial charge in [-0.2, -0.15) is 0 Å². The molecule has 1 aromatic carbocycles. The zero-order valence-electron chi connectivity index (χ0n) is 11.7. The molecule has 3 nitrogen and oxygen atoms in total. The molecular formula is C15H24NO2P. The molecule has 19 heavy (non-hydrogen) atoms. The van der Waals surface area contributed by atoms with Crippen molar-refractivity contribution >= 4 is 15.1 Å². The summed E-state index contributed by atoms with van der Waals surface area (Å²) in [5.74, 6) is 0.836. The average Bonchev–Trinajstić information content (AvgIpc) is 2.34. The summed E-state index contributed by atoms with van der Waals surface area (Å²) in [7, 11) is 2.79. The molecule has 0 radical (unpaired) electrons. The van der Waals surface area contributed by atoms with Gasteiger partial charge in [-0.1, -0.05) is 32.0 Å². The molecule has 0 heterocycles. The van der Waals surface area contributed by atoms with E-state index >= 15 is 0 Å². The fourth-order valence-electron chi connectivity index (χ4n) is 2.07. The van der Waals surface area contributed by atoms with Crippen molar-refractivity contribution in [2.45, 2.75) is 45.3 Å². The molecule has 0 aliphatic heterocycles. The van der Waals surface area contributed by atoms with E-state index in [4.69, 9.17) is 0 Å². The van der Waals surface area contributed by atoms with Crippen molar-refractivity contribution in [3.05, 3.63) is 29.8 Å². The Balaban J connectivity index is 2.27. The Morgan fingerprint density at radius 3 is 2.68 bits per heavy atom. The van der Waals surface area contributed by atoms with Crippen LogP contribution in [0, 0.1) is 5.92 Å². The van der Waals surface area contributed by atoms with Crippen LogP contribution >= 0.6 is 9.24 Å². The molecule has 0 bridgehead atoms. The lowest BCUT2D eigenvalue weighted by Crippen LogP contribution is -2.23. The molecule has 0 saturated heterocycles. The topological polar surface area (TPSA) is 49.3 Å². The molecule has 1 rings (SSSR count). The Kier molecular flexibility index (Phi) is 6.86. The molecule has 0 aliphatic rings. The summed E-state index contributed by atoms with van der Waals surface area (Å²) < 4.78 is 0. The highest BCUT2D eigenvalue weighted by Gasteiger charge is 2.09. The van der Waals surface area contributed by atoms with Crippen molar-refractivity contribution in [2.75, 3.05) is 0 Å². The van der Waals surface area contributed by atoms with Crippen LogP contribution in [0.5, 0.6) is 5.75 Å². The third kappa shape index (κ3) is 6.58. The molecule has 3 atom stereocenters. The van der Waals surface area contributed by atoms with E-state index in [9.17, 15) is 9.90 Å². The maximum atomic E-state index is 11.7. The Labute approximate surface area is 118 Å². The SMILES string of the molecule is CC(P)CC(C)CCC(=O)NCc1ccccc1O. The van der Waals surface area contributed by atoms with E-state index in [1.165, 1.54) is 0 Å². The van der Waals surface area contributed by atoms with Gasteiger partial charge in [0, 0.05) is 18.5 Å². The summed E-state index contributed by atoms with van der Waals surface area (Å²) >= 11 is 0. The predicted molar refractivity (Wildman–Crippen MR) is 82.1 cm³/mol. The van der Waals surface area contributed by atoms with Gasteiger partial charge in [0.2, 0.25) is 5.91 Å². The summed E-state index contributed by atoms with van der Waals surface area (Å²) in [6.45, 7) is 4.73. The second kappa shape index (κ2) is 8.16. The number of phenolic OH excluding ortho intramolecular Hbond substituents is 1. The first-order chi connectivity index (χ1) is 8.99. The van der Waals surface area contributed by atoms with Crippen molar-refractivity contribution in [2.24, 2.45) is 5.92 Å². The Morgan fingerprint density at radius 2 is 2.05 bits per heavy atom. The number of para-hydroxylation sites is 1. The number of carbonyl (C=O) groups is 1. The van der Waals surface area contributed by atoms with Gasteiger partial charge in [0.05, 0.1) is 0 Å². The molecule has 0 saturated carbocycles. The highest BCUT2D eigenvalue weighted by molar-refractivity contribution is 7.17. The maximum Gasteiger partial charge on any atom is 0.220 e. The Hall–Kier alpha value is -1.08. The fourth-order valence-corrected chi connectivity index (χ4v) is 2.54. The molecule has 0 aromatic heterocycles. The van der Waals surface area contributed by atoms with E-state index < -0.39 is 0 Å². The third-order valence-electron chi connectivity index (χ3n) is 3.11. The van der Waals surface area contributed by atoms with Crippen LogP contribution in [-0.2, 0) is 11.3 Å². The minimum Gasteiger partial charge on any atom is -0.508 e. The lowest BCUT2D eigenvalue weighted by molar-refractivity contribution is -0.121. The predicted octanol–water partition coefficient (Wildman–Crippen LogP) is 3.08. The highest BCUT2D eigenvalue weighted by Crippen LogP contribution is 2.18. The van der Waals surface area contributed by atoms with E-state index in [0.29, 0.717) is 24.5 Å². The van der Waals surface area contributed by atoms with Crippen molar-refractivity contribution in [3.8, 4) is 5.75 Å². The van der Waals surface area contributed by atoms with Crippen LogP contribution in [0.3, 0.4) is 0 Å². The van der Waals surface area contributed by atoms with E-state index in [1.54, 1.807) is 12.1 Å². The van der Waals surface area contributed by atoms with Gasteiger partial charge in [0.15, 0.2) is 0 Å². The third-order valence-corrected chi connectivity index (χ3v) is 3.38. The molecule has 1 aromatic rings. The van der Waals surface area contributed by atoms with E-state index in [2.05, 4.69) is 28.4 Å². The minimum absolute atomic E-state index is 0.0477. The van der Waals surface area contributed by atoms with Crippen LogP contribution in [-0.4, -0.2) is 16.7 Å². The summed E-state index contributed by atoms with van der Waals surface area (Å²) in [6.07, 6.45) is 2.58. The molecule has 106 valence electrons. The molecular weight excluding hydrogens is 257 g/mol. The quantitative estimate of drug-likeness (QED) is 0.755. The van der Waals surface area contributed by atoms with Crippen LogP contribution in [0.1, 0.15) is 38.7 Å². The highest BCUT2D eigenvalue weighted by atomic mass is 31.0. The van der Waals surface area contributed by atoms with Crippen LogP contribution < -0.4 is 5.32 Å². The lowest BCUT2D eigenvalue weighted by atomic mass is 10.00. The number of amides is 1. The summed E-state index contributed by atoms with van der Waals surface area (Å²) in [4.78, 5) is 11.7. The molecule has 2 N–H and O–H groups in total. The summed E-state index contributed by atoms with van der Waals surface area (Å²) in [5.41, 5.74) is 1.35. The van der Waals surface area contributed by atoms with Gasteiger partial charge in [-0.05, 0) is 30.5 Å². The number of rotatable bonds is 7. The van der Waals surface area contributed by atoms with Crippen molar-refractivity contribution in [1.29, 1.82) is 0 Å². The van der Waals surface area contributed by atoms with Gasteiger partial charge in [-0.15, -0.1) is 9.24 Å². The van der Waals surface area contributed by atoms with Crippen molar-refractivity contribution in [3.63, 3.8) is 0 Å². The average molecular weight is 281 g/mol. The molecule has 0 aliphatic carbocycles. The van der Waals surface area contributed by atoms with E-state index in [-0.39, 0.29) is 11.7 Å². The second-order valence-corrected chi connectivity index (χ2v) is 6.40. The summed E-state index contributed by atoms with van der Waals surface area (Å²) in [6, 6.07) is 7.06. The molecule has 3 unspecified atom stereocenters. The molecule has 0 fully saturated rings. The Bertz CT molecular complexity index is 407. The van der Waals surface area contributed by atoms with Crippen LogP contribution in [0.4, 0.5) is 0 Å². The first-order valence-corrected chi connectivity index (χ1v) is 7.45. The second-order valence-electron chi connectivity index (χ2n) is 5.26. The van der Waals surface area contributed by atoms with E-state index in [1.807, 2.05) is 12.1 Å². The number of hydrogen-bond donors (Lipinski definition) is 2. The van der Waals surface area contributed by atoms with Gasteiger partial charge in [0.25, 0.3) is 0 Å². The van der Waals surface area contributed by atoms with Gasteiger partial charge >= 0.3 is 0 Å². The van der Waals surface area contributed by atoms with Gasteiger partial charge in [-0.3, -0.25) is 4.79 Å². The zero-order valence-corrected chi connectivity index (χ0v) is 12.9. The smallest absolute Gasteiger partial charge is 0.220 e. The first-order valence-electron chi connectivity index (χ1n) is 6.78. The number of benzene rings is 1. The number of phenols is 1. The van der Waals surface area contributed by atoms with Gasteiger partial charge in [-0.25, -0.2) is 0 Å². The molecule has 1 amide bonds. The summed E-state index contributed by atoms with van der Waals surface area (Å²) in [5, 5.41) is 12.4. The minimum atomic E-state index is 0.0477. The number of nitrogens with one attached hydrogen (secondary N) is 1. The molecule has 0 spiro atoms. The zero-order chi connectivity index (χ0) is 14.3. The number of hydrogen-bond acceptors (Lipinski definition) is 2. The van der Waals surface area contributed by atoms with Crippen LogP contribution in [0.25, 0.3) is 0 Å². The van der Waals surface area contributed by atoms with Crippen molar-refractivity contribution < 1.29 is 9.90 Å². The number of carbonyl (C=O) groups excluding carboxylic acids is 1. The van der Waals surface area contributed by atoms with Crippen molar-refractivity contribution in [1.82, 2.24) is 5.32 Å². The standard InChI is InChI=1S/C15H24NO2P/c1-11(9-12(2)19)7-8-15(18)16-10-13-5-3-4-6-14(13)17/h3-6,11-12,17H,7-10,19H2,1-2H3,(H,16,18). The van der Waals surface area contributed by atoms with Crippen LogP contribution in [0.15, 0.2) is 24.3 Å². The van der Waals surface area contributed by atoms with Crippen LogP contribution in [0.2, 0.25) is 0 Å². The monoisotopic (exact) mass is 281 g/mol. The molecule has 4 heteroatoms. The number of aromatic hydroxyl groups is 1. The van der Waals surface area contributed by atoms with E-state index in [0.717, 1.165) is 18.4 Å². The fraction of sp³-hybridized carbons (Fsp3) is 0.533. The normalized spacial score (nSPS) is 13.8. The van der Waals surface area contributed by atoms with Gasteiger partial charge in [0.1, 0.15) is 5.75 Å². The maximum absolute atomic E-state index is 11.7.